The fourth-order valence-electron chi connectivity index (χ4n) is 3.91. The van der Waals surface area contributed by atoms with Crippen molar-refractivity contribution in [2.45, 2.75) is 23.5 Å². The van der Waals surface area contributed by atoms with E-state index in [0.717, 1.165) is 16.4 Å². The maximum atomic E-state index is 13.1. The normalized spacial score (nSPS) is 19.2. The molecule has 204 valence electrons. The number of hydrogen-bond acceptors (Lipinski definition) is 15. The molecule has 5 N–H and O–H groups in total. The van der Waals surface area contributed by atoms with E-state index < -0.39 is 29.2 Å². The van der Waals surface area contributed by atoms with Crippen molar-refractivity contribution in [1.29, 1.82) is 0 Å². The van der Waals surface area contributed by atoms with Crippen LogP contribution >= 0.6 is 35.1 Å². The summed E-state index contributed by atoms with van der Waals surface area (Å²) in [5.41, 5.74) is 12.2. The first-order chi connectivity index (χ1) is 18.7. The molecule has 5 rings (SSSR count). The van der Waals surface area contributed by atoms with Gasteiger partial charge in [0.25, 0.3) is 28.9 Å². The lowest BCUT2D eigenvalue weighted by atomic mass is 10.0. The molecule has 0 spiro atoms. The zero-order valence-electron chi connectivity index (χ0n) is 20.4. The Bertz CT molecular complexity index is 1550. The fourth-order valence-corrected chi connectivity index (χ4v) is 6.80. The topological polar surface area (TPSA) is 223 Å². The number of anilines is 2. The predicted molar refractivity (Wildman–Crippen MR) is 139 cm³/mol. The minimum Gasteiger partial charge on any atom is -0.543 e. The molecular weight excluding hydrogens is 570 g/mol. The number of aromatic nitrogens is 6. The smallest absolute Gasteiger partial charge is 0.278 e. The Balaban J connectivity index is 1.34. The van der Waals surface area contributed by atoms with Crippen molar-refractivity contribution in [3.8, 4) is 0 Å². The predicted octanol–water partition coefficient (Wildman–Crippen LogP) is -2.49. The van der Waals surface area contributed by atoms with E-state index in [4.69, 9.17) is 16.3 Å². The summed E-state index contributed by atoms with van der Waals surface area (Å²) in [5, 5.41) is 22.7. The Hall–Kier alpha value is -3.97. The highest BCUT2D eigenvalue weighted by Crippen LogP contribution is 2.41. The minimum absolute atomic E-state index is 0.0481. The number of aliphatic carboxylic acids is 1. The summed E-state index contributed by atoms with van der Waals surface area (Å²) in [6.45, 7) is 1.86. The fraction of sp³-hybridized carbons (Fsp3) is 0.350. The molecule has 5 heterocycles. The molecule has 16 nitrogen and oxygen atoms in total. The van der Waals surface area contributed by atoms with Gasteiger partial charge in [0, 0.05) is 28.1 Å². The van der Waals surface area contributed by atoms with Gasteiger partial charge in [0.05, 0.1) is 24.8 Å². The van der Waals surface area contributed by atoms with Crippen LogP contribution in [0.2, 0.25) is 0 Å². The molecule has 3 aromatic rings. The number of carboxylic acid groups (broad SMARTS) is 1. The molecule has 19 heteroatoms. The number of rotatable bonds is 9. The molecule has 1 unspecified atom stereocenters. The molecule has 0 aromatic carbocycles. The van der Waals surface area contributed by atoms with E-state index in [9.17, 15) is 19.5 Å². The highest BCUT2D eigenvalue weighted by atomic mass is 32.2. The van der Waals surface area contributed by atoms with Crippen molar-refractivity contribution in [3.05, 3.63) is 29.5 Å². The Kier molecular flexibility index (Phi) is 7.28. The number of amides is 2. The number of carbonyl (C=O) groups excluding carboxylic acids is 3. The maximum Gasteiger partial charge on any atom is 0.278 e. The number of carbonyl (C=O) groups is 3. The average Bonchev–Trinajstić information content (AvgIpc) is 3.50. The van der Waals surface area contributed by atoms with E-state index in [2.05, 4.69) is 29.9 Å². The molecule has 2 aliphatic rings. The van der Waals surface area contributed by atoms with Crippen LogP contribution in [-0.2, 0) is 26.3 Å². The molecule has 39 heavy (non-hydrogen) atoms. The van der Waals surface area contributed by atoms with Gasteiger partial charge in [-0.1, -0.05) is 16.9 Å². The Morgan fingerprint density at radius 1 is 1.38 bits per heavy atom. The Labute approximate surface area is 232 Å². The second kappa shape index (κ2) is 10.7. The lowest BCUT2D eigenvalue weighted by Crippen LogP contribution is -2.71. The van der Waals surface area contributed by atoms with Crippen LogP contribution in [0.5, 0.6) is 0 Å². The number of β-lactam (4-membered cyclic amide) rings is 1. The first-order valence-electron chi connectivity index (χ1n) is 11.3. The third-order valence-corrected chi connectivity index (χ3v) is 8.56. The second-order valence-electron chi connectivity index (χ2n) is 8.18. The first-order valence-corrected chi connectivity index (χ1v) is 14.1. The molecule has 0 saturated carbocycles. The molecule has 0 aliphatic carbocycles. The highest BCUT2D eigenvalue weighted by Gasteiger charge is 2.53. The molecule has 2 atom stereocenters. The second-order valence-corrected chi connectivity index (χ2v) is 11.0. The van der Waals surface area contributed by atoms with E-state index in [1.807, 2.05) is 7.05 Å². The van der Waals surface area contributed by atoms with Gasteiger partial charge in [-0.3, -0.25) is 14.5 Å². The van der Waals surface area contributed by atoms with Crippen LogP contribution in [0.15, 0.2) is 34.0 Å². The number of nitrogens with two attached hydrogens (primary N) is 2. The van der Waals surface area contributed by atoms with E-state index in [1.165, 1.54) is 23.5 Å². The van der Waals surface area contributed by atoms with E-state index in [-0.39, 0.29) is 46.3 Å². The number of nitrogens with one attached hydrogen (secondary N) is 1. The van der Waals surface area contributed by atoms with Crippen LogP contribution < -0.4 is 26.5 Å². The molecule has 3 aromatic heterocycles. The van der Waals surface area contributed by atoms with Crippen molar-refractivity contribution in [2.75, 3.05) is 29.6 Å². The number of fused-ring (bicyclic) bond motifs is 2. The number of aryl methyl sites for hydroxylation is 1. The van der Waals surface area contributed by atoms with Crippen LogP contribution in [0.3, 0.4) is 0 Å². The van der Waals surface area contributed by atoms with Crippen molar-refractivity contribution in [1.82, 2.24) is 34.2 Å². The summed E-state index contributed by atoms with van der Waals surface area (Å²) >= 11 is 3.41. The molecule has 1 saturated heterocycles. The van der Waals surface area contributed by atoms with Gasteiger partial charge in [0.2, 0.25) is 11.5 Å². The van der Waals surface area contributed by atoms with Gasteiger partial charge in [-0.15, -0.1) is 11.8 Å². The maximum absolute atomic E-state index is 13.1. The SMILES string of the molecule is CCO/N=C(\C(=O)NC1C(=O)N2C(C(=O)[O-])=C(CSc3nc(N)cc4n3nc[n+]4C)CS[C@H]12)c1nsc(N)n1. The number of thioether (sulfide) groups is 2. The summed E-state index contributed by atoms with van der Waals surface area (Å²) < 4.78 is 7.33. The molecular formula is C20H21N11O5S3. The van der Waals surface area contributed by atoms with E-state index in [0.29, 0.717) is 16.4 Å². The van der Waals surface area contributed by atoms with E-state index in [1.54, 1.807) is 28.4 Å². The lowest BCUT2D eigenvalue weighted by Gasteiger charge is -2.50. The Morgan fingerprint density at radius 2 is 2.18 bits per heavy atom. The van der Waals surface area contributed by atoms with Gasteiger partial charge in [-0.25, -0.2) is 4.57 Å². The van der Waals surface area contributed by atoms with Crippen molar-refractivity contribution in [2.24, 2.45) is 12.2 Å². The molecule has 1 fully saturated rings. The van der Waals surface area contributed by atoms with Gasteiger partial charge in [-0.05, 0) is 17.0 Å². The number of hydrogen-bond donors (Lipinski definition) is 3. The molecule has 0 bridgehead atoms. The summed E-state index contributed by atoms with van der Waals surface area (Å²) in [6, 6.07) is 0.661. The number of carboxylic acids is 1. The minimum atomic E-state index is -1.49. The zero-order chi connectivity index (χ0) is 27.8. The van der Waals surface area contributed by atoms with Gasteiger partial charge in [0.15, 0.2) is 5.13 Å². The summed E-state index contributed by atoms with van der Waals surface area (Å²) in [6.07, 6.45) is 1.60. The van der Waals surface area contributed by atoms with Crippen molar-refractivity contribution < 1.29 is 28.9 Å². The van der Waals surface area contributed by atoms with Crippen LogP contribution in [0.25, 0.3) is 5.65 Å². The average molecular weight is 592 g/mol. The molecule has 2 aliphatic heterocycles. The number of nitrogen functional groups attached to an aromatic ring is 2. The third-order valence-electron chi connectivity index (χ3n) is 5.66. The van der Waals surface area contributed by atoms with Crippen LogP contribution in [-0.4, -0.2) is 81.9 Å². The summed E-state index contributed by atoms with van der Waals surface area (Å²) in [4.78, 5) is 52.6. The summed E-state index contributed by atoms with van der Waals surface area (Å²) in [7, 11) is 1.81. The lowest BCUT2D eigenvalue weighted by molar-refractivity contribution is -0.646. The van der Waals surface area contributed by atoms with Crippen molar-refractivity contribution in [3.63, 3.8) is 0 Å². The van der Waals surface area contributed by atoms with Gasteiger partial charge < -0.3 is 31.5 Å². The molecule has 2 amide bonds. The Morgan fingerprint density at radius 3 is 2.87 bits per heavy atom. The third kappa shape index (κ3) is 4.94. The van der Waals surface area contributed by atoms with E-state index >= 15 is 0 Å². The quantitative estimate of drug-likeness (QED) is 0.0585. The monoisotopic (exact) mass is 591 g/mol. The standard InChI is InChI=1S/C20H21N11O5S3/c1-3-36-27-11(14-26-19(22)39-28-14)15(32)25-12-16(33)30-13(18(34)35)8(5-37-17(12)30)6-38-20-24-9(21)4-10-29(2)7-23-31(10)20/h4,7,12,17,21H,3,5-6H2,1-2H3,(H4,22,25,26,28,32,34,35)/b27-11-/t12?,17-/m1/s1. The zero-order valence-corrected chi connectivity index (χ0v) is 22.9. The van der Waals surface area contributed by atoms with Crippen LogP contribution in [0.1, 0.15) is 12.7 Å². The molecule has 0 radical (unpaired) electrons. The largest absolute Gasteiger partial charge is 0.543 e. The van der Waals surface area contributed by atoms with Crippen molar-refractivity contribution >= 4 is 75.1 Å². The van der Waals surface area contributed by atoms with Gasteiger partial charge in [-0.2, -0.15) is 14.3 Å². The number of oxime groups is 1. The van der Waals surface area contributed by atoms with Gasteiger partial charge >= 0.3 is 0 Å². The van der Waals surface area contributed by atoms with Crippen LogP contribution in [0, 0.1) is 0 Å². The van der Waals surface area contributed by atoms with Crippen LogP contribution in [0.4, 0.5) is 10.9 Å². The summed E-state index contributed by atoms with van der Waals surface area (Å²) in [5.74, 6) is -2.15. The highest BCUT2D eigenvalue weighted by molar-refractivity contribution is 8.01. The number of nitrogens with zero attached hydrogens (tertiary/aromatic N) is 8. The van der Waals surface area contributed by atoms with Gasteiger partial charge in [0.1, 0.15) is 23.8 Å². The first kappa shape index (κ1) is 26.6.